The lowest BCUT2D eigenvalue weighted by molar-refractivity contribution is -0.133. The molecule has 1 aromatic heterocycles. The number of carboxylic acids is 1. The third-order valence-electron chi connectivity index (χ3n) is 3.05. The fraction of sp³-hybridized carbons (Fsp3) is 0.769. The van der Waals surface area contributed by atoms with E-state index in [0.717, 1.165) is 30.2 Å². The van der Waals surface area contributed by atoms with Gasteiger partial charge in [-0.15, -0.1) is 10.2 Å². The highest BCUT2D eigenvalue weighted by molar-refractivity contribution is 7.99. The Bertz CT molecular complexity index is 418. The number of rotatable bonds is 8. The maximum atomic E-state index is 10.7. The molecule has 1 aromatic rings. The van der Waals surface area contributed by atoms with E-state index in [9.17, 15) is 4.79 Å². The van der Waals surface area contributed by atoms with Crippen LogP contribution in [0.2, 0.25) is 0 Å². The summed E-state index contributed by atoms with van der Waals surface area (Å²) in [4.78, 5) is 10.7. The van der Waals surface area contributed by atoms with Crippen molar-refractivity contribution in [2.75, 3.05) is 5.75 Å². The number of nitrogens with zero attached hydrogens (tertiary/aromatic N) is 3. The molecule has 0 bridgehead atoms. The Kier molecular flexibility index (Phi) is 6.34. The normalized spacial score (nSPS) is 12.9. The van der Waals surface area contributed by atoms with E-state index in [0.29, 0.717) is 12.0 Å². The van der Waals surface area contributed by atoms with Gasteiger partial charge in [0.15, 0.2) is 5.16 Å². The summed E-state index contributed by atoms with van der Waals surface area (Å²) in [6, 6.07) is 0.327. The van der Waals surface area contributed by atoms with E-state index in [1.807, 2.05) is 0 Å². The fourth-order valence-corrected chi connectivity index (χ4v) is 2.94. The van der Waals surface area contributed by atoms with Crippen LogP contribution in [0, 0.1) is 5.92 Å². The second-order valence-electron chi connectivity index (χ2n) is 4.92. The van der Waals surface area contributed by atoms with Crippen LogP contribution in [0.5, 0.6) is 0 Å². The van der Waals surface area contributed by atoms with Gasteiger partial charge in [-0.1, -0.05) is 39.5 Å². The zero-order valence-corrected chi connectivity index (χ0v) is 12.9. The number of hydrogen-bond donors (Lipinski definition) is 1. The van der Waals surface area contributed by atoms with Gasteiger partial charge in [0, 0.05) is 12.5 Å². The quantitative estimate of drug-likeness (QED) is 0.744. The van der Waals surface area contributed by atoms with Crippen molar-refractivity contribution in [1.82, 2.24) is 14.8 Å². The van der Waals surface area contributed by atoms with Crippen LogP contribution in [-0.4, -0.2) is 31.6 Å². The van der Waals surface area contributed by atoms with Gasteiger partial charge in [-0.3, -0.25) is 4.79 Å². The molecule has 0 aromatic carbocycles. The standard InChI is InChI=1S/C13H23N3O2S/c1-5-7-11-14-15-13(19-8-12(17)18)16(11)10(6-2)9(3)4/h9-10H,5-8H2,1-4H3,(H,17,18). The zero-order valence-electron chi connectivity index (χ0n) is 12.1. The Labute approximate surface area is 118 Å². The third-order valence-corrected chi connectivity index (χ3v) is 3.98. The van der Waals surface area contributed by atoms with Crippen LogP contribution >= 0.6 is 11.8 Å². The molecule has 0 fully saturated rings. The van der Waals surface area contributed by atoms with Crippen molar-refractivity contribution in [2.45, 2.75) is 58.2 Å². The van der Waals surface area contributed by atoms with E-state index in [1.54, 1.807) is 0 Å². The molecule has 1 heterocycles. The van der Waals surface area contributed by atoms with Crippen LogP contribution in [0.25, 0.3) is 0 Å². The minimum Gasteiger partial charge on any atom is -0.481 e. The van der Waals surface area contributed by atoms with Gasteiger partial charge >= 0.3 is 5.97 Å². The topological polar surface area (TPSA) is 68.0 Å². The summed E-state index contributed by atoms with van der Waals surface area (Å²) < 4.78 is 2.14. The Morgan fingerprint density at radius 1 is 1.37 bits per heavy atom. The van der Waals surface area contributed by atoms with E-state index in [2.05, 4.69) is 42.5 Å². The van der Waals surface area contributed by atoms with E-state index < -0.39 is 5.97 Å². The van der Waals surface area contributed by atoms with Crippen molar-refractivity contribution >= 4 is 17.7 Å². The first-order valence-electron chi connectivity index (χ1n) is 6.79. The smallest absolute Gasteiger partial charge is 0.313 e. The van der Waals surface area contributed by atoms with E-state index in [1.165, 1.54) is 11.8 Å². The Hall–Kier alpha value is -1.04. The predicted molar refractivity (Wildman–Crippen MR) is 76.5 cm³/mol. The summed E-state index contributed by atoms with van der Waals surface area (Å²) in [5.74, 6) is 0.643. The lowest BCUT2D eigenvalue weighted by Gasteiger charge is -2.24. The average Bonchev–Trinajstić information content (AvgIpc) is 2.71. The van der Waals surface area contributed by atoms with Gasteiger partial charge in [0.1, 0.15) is 5.82 Å². The van der Waals surface area contributed by atoms with Crippen molar-refractivity contribution in [3.63, 3.8) is 0 Å². The van der Waals surface area contributed by atoms with E-state index in [-0.39, 0.29) is 5.75 Å². The van der Waals surface area contributed by atoms with Crippen LogP contribution in [0.15, 0.2) is 5.16 Å². The lowest BCUT2D eigenvalue weighted by atomic mass is 10.0. The fourth-order valence-electron chi connectivity index (χ4n) is 2.21. The number of carbonyl (C=O) groups is 1. The molecule has 1 rings (SSSR count). The minimum atomic E-state index is -0.825. The summed E-state index contributed by atoms with van der Waals surface area (Å²) in [5.41, 5.74) is 0. The number of aromatic nitrogens is 3. The second-order valence-corrected chi connectivity index (χ2v) is 5.86. The van der Waals surface area contributed by atoms with Gasteiger partial charge in [0.05, 0.1) is 5.75 Å². The summed E-state index contributed by atoms with van der Waals surface area (Å²) in [7, 11) is 0. The number of hydrogen-bond acceptors (Lipinski definition) is 4. The number of thioether (sulfide) groups is 1. The third kappa shape index (κ3) is 4.23. The molecule has 1 atom stereocenters. The Balaban J connectivity index is 3.06. The Morgan fingerprint density at radius 3 is 2.53 bits per heavy atom. The minimum absolute atomic E-state index is 0.0266. The van der Waals surface area contributed by atoms with Gasteiger partial charge in [0.2, 0.25) is 0 Å². The summed E-state index contributed by atoms with van der Waals surface area (Å²) >= 11 is 1.25. The van der Waals surface area contributed by atoms with E-state index in [4.69, 9.17) is 5.11 Å². The SMILES string of the molecule is CCCc1nnc(SCC(=O)O)n1C(CC)C(C)C. The lowest BCUT2D eigenvalue weighted by Crippen LogP contribution is -2.18. The summed E-state index contributed by atoms with van der Waals surface area (Å²) in [6.45, 7) is 8.61. The molecule has 0 aliphatic heterocycles. The number of aliphatic carboxylic acids is 1. The second kappa shape index (κ2) is 7.53. The number of carboxylic acid groups (broad SMARTS) is 1. The molecule has 1 N–H and O–H groups in total. The molecule has 108 valence electrons. The molecule has 0 amide bonds. The van der Waals surface area contributed by atoms with Gasteiger partial charge in [-0.05, 0) is 18.8 Å². The van der Waals surface area contributed by atoms with Crippen LogP contribution < -0.4 is 0 Å². The molecule has 0 aliphatic carbocycles. The Morgan fingerprint density at radius 2 is 2.05 bits per heavy atom. The monoisotopic (exact) mass is 285 g/mol. The molecule has 0 aliphatic rings. The predicted octanol–water partition coefficient (Wildman–Crippen LogP) is 3.01. The molecule has 0 spiro atoms. The van der Waals surface area contributed by atoms with Crippen molar-refractivity contribution in [1.29, 1.82) is 0 Å². The van der Waals surface area contributed by atoms with Gasteiger partial charge in [0.25, 0.3) is 0 Å². The molecule has 0 saturated carbocycles. The molecule has 1 unspecified atom stereocenters. The average molecular weight is 285 g/mol. The molecule has 0 radical (unpaired) electrons. The van der Waals surface area contributed by atoms with Crippen molar-refractivity contribution in [3.8, 4) is 0 Å². The first-order valence-corrected chi connectivity index (χ1v) is 7.78. The van der Waals surface area contributed by atoms with Gasteiger partial charge < -0.3 is 9.67 Å². The first kappa shape index (κ1) is 16.0. The van der Waals surface area contributed by atoms with Crippen LogP contribution in [0.4, 0.5) is 0 Å². The zero-order chi connectivity index (χ0) is 14.4. The highest BCUT2D eigenvalue weighted by Gasteiger charge is 2.22. The molecule has 19 heavy (non-hydrogen) atoms. The highest BCUT2D eigenvalue weighted by Crippen LogP contribution is 2.29. The summed E-state index contributed by atoms with van der Waals surface area (Å²) in [5, 5.41) is 17.9. The molecule has 6 heteroatoms. The highest BCUT2D eigenvalue weighted by atomic mass is 32.2. The molecular formula is C13H23N3O2S. The van der Waals surface area contributed by atoms with Crippen molar-refractivity contribution in [2.24, 2.45) is 5.92 Å². The van der Waals surface area contributed by atoms with Gasteiger partial charge in [-0.25, -0.2) is 0 Å². The largest absolute Gasteiger partial charge is 0.481 e. The number of aryl methyl sites for hydroxylation is 1. The maximum Gasteiger partial charge on any atom is 0.313 e. The van der Waals surface area contributed by atoms with Crippen LogP contribution in [0.1, 0.15) is 52.4 Å². The molecular weight excluding hydrogens is 262 g/mol. The van der Waals surface area contributed by atoms with Gasteiger partial charge in [-0.2, -0.15) is 0 Å². The summed E-state index contributed by atoms with van der Waals surface area (Å²) in [6.07, 6.45) is 2.88. The van der Waals surface area contributed by atoms with E-state index >= 15 is 0 Å². The maximum absolute atomic E-state index is 10.7. The molecule has 5 nitrogen and oxygen atoms in total. The molecule has 0 saturated heterocycles. The van der Waals surface area contributed by atoms with Crippen LogP contribution in [-0.2, 0) is 11.2 Å². The first-order chi connectivity index (χ1) is 9.01. The van der Waals surface area contributed by atoms with Crippen molar-refractivity contribution < 1.29 is 9.90 Å². The van der Waals surface area contributed by atoms with Crippen LogP contribution in [0.3, 0.4) is 0 Å². The van der Waals surface area contributed by atoms with Crippen molar-refractivity contribution in [3.05, 3.63) is 5.82 Å².